The lowest BCUT2D eigenvalue weighted by molar-refractivity contribution is 0.477. The predicted molar refractivity (Wildman–Crippen MR) is 171 cm³/mol. The molecule has 0 unspecified atom stereocenters. The summed E-state index contributed by atoms with van der Waals surface area (Å²) in [5.74, 6) is 1.83. The number of hydrogen-bond acceptors (Lipinski definition) is 3. The summed E-state index contributed by atoms with van der Waals surface area (Å²) in [6.45, 7) is 7.09. The van der Waals surface area contributed by atoms with Crippen LogP contribution in [-0.4, -0.2) is 6.71 Å². The van der Waals surface area contributed by atoms with E-state index in [0.717, 1.165) is 17.2 Å². The van der Waals surface area contributed by atoms with Crippen molar-refractivity contribution in [2.45, 2.75) is 26.2 Å². The van der Waals surface area contributed by atoms with Crippen molar-refractivity contribution in [3.63, 3.8) is 0 Å². The first-order valence-corrected chi connectivity index (χ1v) is 14.8. The topological polar surface area (TPSA) is 12.5 Å². The molecule has 0 radical (unpaired) electrons. The fourth-order valence-electron chi connectivity index (χ4n) is 7.26. The van der Waals surface area contributed by atoms with Crippen LogP contribution in [0.3, 0.4) is 0 Å². The molecule has 2 nitrogen and oxygen atoms in total. The van der Waals surface area contributed by atoms with Gasteiger partial charge in [-0.15, -0.1) is 11.3 Å². The van der Waals surface area contributed by atoms with Crippen LogP contribution in [0.1, 0.15) is 26.3 Å². The average molecular weight is 531 g/mol. The van der Waals surface area contributed by atoms with E-state index in [1.165, 1.54) is 65.0 Å². The lowest BCUT2D eigenvalue weighted by atomic mass is 9.32. The third kappa shape index (κ3) is 2.79. The molecule has 4 heterocycles. The van der Waals surface area contributed by atoms with Crippen LogP contribution in [0.5, 0.6) is 11.5 Å². The lowest BCUT2D eigenvalue weighted by Gasteiger charge is -2.43. The second-order valence-electron chi connectivity index (χ2n) is 12.1. The molecule has 1 aromatic heterocycles. The van der Waals surface area contributed by atoms with Crippen LogP contribution in [0.15, 0.2) is 103 Å². The van der Waals surface area contributed by atoms with E-state index in [-0.39, 0.29) is 12.1 Å². The van der Waals surface area contributed by atoms with Crippen molar-refractivity contribution >= 4 is 61.6 Å². The van der Waals surface area contributed by atoms with Gasteiger partial charge in [-0.05, 0) is 79.8 Å². The first-order chi connectivity index (χ1) is 19.5. The molecular weight excluding hydrogens is 505 g/mol. The fraction of sp³-hybridized carbons (Fsp3) is 0.111. The van der Waals surface area contributed by atoms with Crippen LogP contribution in [0, 0.1) is 0 Å². The Morgan fingerprint density at radius 3 is 2.25 bits per heavy atom. The minimum absolute atomic E-state index is 0.0346. The highest BCUT2D eigenvalue weighted by molar-refractivity contribution is 7.26. The van der Waals surface area contributed by atoms with Crippen LogP contribution < -0.4 is 26.0 Å². The monoisotopic (exact) mass is 531 g/mol. The Bertz CT molecular complexity index is 2050. The molecule has 0 saturated heterocycles. The molecule has 6 aromatic rings. The van der Waals surface area contributed by atoms with E-state index in [1.807, 2.05) is 11.3 Å². The molecule has 0 bridgehead atoms. The number of nitrogens with zero attached hydrogens (tertiary/aromatic N) is 1. The van der Waals surface area contributed by atoms with Crippen LogP contribution in [0.25, 0.3) is 31.7 Å². The second-order valence-corrected chi connectivity index (χ2v) is 13.1. The molecule has 0 spiro atoms. The first-order valence-electron chi connectivity index (χ1n) is 14.0. The molecule has 40 heavy (non-hydrogen) atoms. The summed E-state index contributed by atoms with van der Waals surface area (Å²) in [5.41, 5.74) is 13.1. The van der Waals surface area contributed by atoms with Gasteiger partial charge in [0.1, 0.15) is 0 Å². The van der Waals surface area contributed by atoms with Gasteiger partial charge in [0.25, 0.3) is 0 Å². The van der Waals surface area contributed by atoms with Crippen LogP contribution in [0.2, 0.25) is 0 Å². The highest BCUT2D eigenvalue weighted by Gasteiger charge is 2.45. The number of rotatable bonds is 1. The second kappa shape index (κ2) is 7.68. The van der Waals surface area contributed by atoms with E-state index in [0.29, 0.717) is 0 Å². The van der Waals surface area contributed by atoms with Crippen molar-refractivity contribution in [1.29, 1.82) is 0 Å². The van der Waals surface area contributed by atoms with Gasteiger partial charge in [-0.1, -0.05) is 93.6 Å². The smallest absolute Gasteiger partial charge is 0.250 e. The first kappa shape index (κ1) is 22.5. The maximum absolute atomic E-state index is 6.54. The van der Waals surface area contributed by atoms with E-state index < -0.39 is 0 Å². The van der Waals surface area contributed by atoms with Crippen LogP contribution >= 0.6 is 11.3 Å². The van der Waals surface area contributed by atoms with E-state index in [4.69, 9.17) is 4.74 Å². The maximum atomic E-state index is 6.54. The van der Waals surface area contributed by atoms with Crippen molar-refractivity contribution in [2.24, 2.45) is 0 Å². The van der Waals surface area contributed by atoms with Gasteiger partial charge in [0.2, 0.25) is 6.71 Å². The molecule has 5 aromatic carbocycles. The van der Waals surface area contributed by atoms with Crippen molar-refractivity contribution in [3.05, 3.63) is 109 Å². The van der Waals surface area contributed by atoms with E-state index in [1.54, 1.807) is 0 Å². The minimum Gasteiger partial charge on any atom is -0.453 e. The van der Waals surface area contributed by atoms with Gasteiger partial charge in [-0.25, -0.2) is 0 Å². The molecule has 9 rings (SSSR count). The standard InChI is InChI=1S/C36H26BNOS/c1-36(2,3)24-14-5-4-11-23(24)35-33-31-21(12-9-20-30(31)40-35)22-13-8-17-27-32(22)37(33)25-15-10-19-29-34(25)38(27)26-16-6-7-18-28(26)39-29/h4-20H,1-3H3. The van der Waals surface area contributed by atoms with Gasteiger partial charge in [0.05, 0.1) is 11.4 Å². The van der Waals surface area contributed by atoms with Gasteiger partial charge in [0.15, 0.2) is 11.5 Å². The summed E-state index contributed by atoms with van der Waals surface area (Å²) in [5, 5.41) is 1.41. The molecule has 0 atom stereocenters. The normalized spacial score (nSPS) is 14.0. The van der Waals surface area contributed by atoms with Crippen LogP contribution in [-0.2, 0) is 5.41 Å². The zero-order valence-corrected chi connectivity index (χ0v) is 23.5. The Kier molecular flexibility index (Phi) is 4.32. The number of fused-ring (bicyclic) bond motifs is 6. The number of benzene rings is 5. The highest BCUT2D eigenvalue weighted by Crippen LogP contribution is 2.53. The molecule has 0 saturated carbocycles. The Hall–Kier alpha value is -4.28. The third-order valence-electron chi connectivity index (χ3n) is 8.81. The molecule has 190 valence electrons. The molecule has 0 fully saturated rings. The number of hydrogen-bond donors (Lipinski definition) is 0. The largest absolute Gasteiger partial charge is 0.453 e. The van der Waals surface area contributed by atoms with Crippen LogP contribution in [0.4, 0.5) is 17.1 Å². The number of thiophene rings is 1. The zero-order valence-electron chi connectivity index (χ0n) is 22.7. The summed E-state index contributed by atoms with van der Waals surface area (Å²) in [6, 6.07) is 37.8. The molecule has 0 amide bonds. The lowest BCUT2D eigenvalue weighted by Crippen LogP contribution is -2.59. The highest BCUT2D eigenvalue weighted by atomic mass is 32.1. The van der Waals surface area contributed by atoms with Crippen molar-refractivity contribution in [1.82, 2.24) is 0 Å². The number of para-hydroxylation sites is 3. The summed E-state index contributed by atoms with van der Waals surface area (Å²) in [6.07, 6.45) is 0. The predicted octanol–water partition coefficient (Wildman–Crippen LogP) is 8.25. The van der Waals surface area contributed by atoms with Crippen molar-refractivity contribution < 1.29 is 4.74 Å². The van der Waals surface area contributed by atoms with E-state index in [2.05, 4.69) is 129 Å². The number of ether oxygens (including phenoxy) is 1. The van der Waals surface area contributed by atoms with Gasteiger partial charge < -0.3 is 9.64 Å². The summed E-state index contributed by atoms with van der Waals surface area (Å²) < 4.78 is 7.90. The average Bonchev–Trinajstić information content (AvgIpc) is 3.36. The summed E-state index contributed by atoms with van der Waals surface area (Å²) in [4.78, 5) is 3.83. The Morgan fingerprint density at radius 1 is 0.650 bits per heavy atom. The SMILES string of the molecule is CC(C)(C)c1ccccc1-c1sc2cccc3c2c1B1c2cccc4c2N(c2ccccc2O4)c2cccc-3c21. The molecule has 3 aliphatic heterocycles. The molecule has 0 N–H and O–H groups in total. The molecular formula is C36H26BNOS. The minimum atomic E-state index is 0.0346. The van der Waals surface area contributed by atoms with Gasteiger partial charge >= 0.3 is 0 Å². The van der Waals surface area contributed by atoms with Gasteiger partial charge in [0, 0.05) is 15.3 Å². The Labute approximate surface area is 238 Å². The zero-order chi connectivity index (χ0) is 26.7. The summed E-state index contributed by atoms with van der Waals surface area (Å²) in [7, 11) is 0. The van der Waals surface area contributed by atoms with Gasteiger partial charge in [-0.3, -0.25) is 0 Å². The van der Waals surface area contributed by atoms with Crippen molar-refractivity contribution in [3.8, 4) is 33.1 Å². The van der Waals surface area contributed by atoms with Gasteiger partial charge in [-0.2, -0.15) is 0 Å². The summed E-state index contributed by atoms with van der Waals surface area (Å²) >= 11 is 1.95. The number of anilines is 3. The quantitative estimate of drug-likeness (QED) is 0.198. The molecule has 4 heteroatoms. The molecule has 0 aliphatic carbocycles. The van der Waals surface area contributed by atoms with E-state index in [9.17, 15) is 0 Å². The maximum Gasteiger partial charge on any atom is 0.250 e. The third-order valence-corrected chi connectivity index (χ3v) is 10.0. The Balaban J connectivity index is 1.44. The Morgan fingerprint density at radius 2 is 1.35 bits per heavy atom. The van der Waals surface area contributed by atoms with Crippen molar-refractivity contribution in [2.75, 3.05) is 4.90 Å². The molecule has 3 aliphatic rings. The van der Waals surface area contributed by atoms with E-state index >= 15 is 0 Å². The fourth-order valence-corrected chi connectivity index (χ4v) is 8.57.